The van der Waals surface area contributed by atoms with E-state index < -0.39 is 0 Å². The van der Waals surface area contributed by atoms with Gasteiger partial charge in [-0.15, -0.1) is 0 Å². The number of aryl methyl sites for hydroxylation is 1. The molecular weight excluding hydrogens is 258 g/mol. The Kier molecular flexibility index (Phi) is 4.76. The number of hydrogen-bond donors (Lipinski definition) is 1. The van der Waals surface area contributed by atoms with E-state index >= 15 is 0 Å². The molecular formula is C16H24F2N2. The molecule has 1 fully saturated rings. The van der Waals surface area contributed by atoms with Gasteiger partial charge >= 0.3 is 0 Å². The summed E-state index contributed by atoms with van der Waals surface area (Å²) >= 11 is 0. The summed E-state index contributed by atoms with van der Waals surface area (Å²) in [5, 5.41) is 0. The molecule has 1 heterocycles. The minimum absolute atomic E-state index is 0.119. The maximum atomic E-state index is 14.1. The van der Waals surface area contributed by atoms with E-state index in [1.807, 2.05) is 6.92 Å². The standard InChI is InChI=1S/C16H24F2N2/c1-4-12-9-20(6-5-16(12)19)11(3)13-8-14(17)10(2)7-15(13)18/h7-8,11-12,16H,4-6,9,19H2,1-3H3. The number of nitrogens with zero attached hydrogens (tertiary/aromatic N) is 1. The number of likely N-dealkylation sites (tertiary alicyclic amines) is 1. The van der Waals surface area contributed by atoms with Gasteiger partial charge in [-0.3, -0.25) is 4.90 Å². The highest BCUT2D eigenvalue weighted by Crippen LogP contribution is 2.30. The summed E-state index contributed by atoms with van der Waals surface area (Å²) in [4.78, 5) is 2.21. The Labute approximate surface area is 120 Å². The lowest BCUT2D eigenvalue weighted by molar-refractivity contribution is 0.112. The van der Waals surface area contributed by atoms with Gasteiger partial charge in [-0.1, -0.05) is 13.3 Å². The molecule has 0 aliphatic carbocycles. The molecule has 0 saturated carbocycles. The van der Waals surface area contributed by atoms with Crippen molar-refractivity contribution in [3.05, 3.63) is 34.9 Å². The first-order chi connectivity index (χ1) is 9.43. The molecule has 2 N–H and O–H groups in total. The van der Waals surface area contributed by atoms with Gasteiger partial charge in [0.1, 0.15) is 11.6 Å². The van der Waals surface area contributed by atoms with E-state index in [-0.39, 0.29) is 23.7 Å². The molecule has 112 valence electrons. The summed E-state index contributed by atoms with van der Waals surface area (Å²) in [5.74, 6) is -0.224. The fourth-order valence-corrected chi connectivity index (χ4v) is 3.04. The second-order valence-corrected chi connectivity index (χ2v) is 5.91. The molecule has 1 aromatic carbocycles. The van der Waals surface area contributed by atoms with Crippen molar-refractivity contribution >= 4 is 0 Å². The average Bonchev–Trinajstić information content (AvgIpc) is 2.42. The van der Waals surface area contributed by atoms with Crippen LogP contribution in [-0.4, -0.2) is 24.0 Å². The molecule has 4 heteroatoms. The highest BCUT2D eigenvalue weighted by molar-refractivity contribution is 5.27. The van der Waals surface area contributed by atoms with E-state index in [1.165, 1.54) is 12.1 Å². The lowest BCUT2D eigenvalue weighted by Crippen LogP contribution is -2.47. The first kappa shape index (κ1) is 15.4. The fourth-order valence-electron chi connectivity index (χ4n) is 3.04. The molecule has 1 aromatic rings. The van der Waals surface area contributed by atoms with E-state index in [0.29, 0.717) is 17.0 Å². The van der Waals surface area contributed by atoms with Crippen LogP contribution in [0.4, 0.5) is 8.78 Å². The van der Waals surface area contributed by atoms with Crippen LogP contribution in [0.1, 0.15) is 43.9 Å². The Morgan fingerprint density at radius 2 is 2.05 bits per heavy atom. The zero-order chi connectivity index (χ0) is 14.9. The smallest absolute Gasteiger partial charge is 0.128 e. The van der Waals surface area contributed by atoms with Gasteiger partial charge in [0.15, 0.2) is 0 Å². The average molecular weight is 282 g/mol. The monoisotopic (exact) mass is 282 g/mol. The SMILES string of the molecule is CCC1CN(C(C)c2cc(F)c(C)cc2F)CCC1N. The highest BCUT2D eigenvalue weighted by Gasteiger charge is 2.29. The Hall–Kier alpha value is -1.00. The molecule has 0 bridgehead atoms. The molecule has 0 radical (unpaired) electrons. The number of hydrogen-bond acceptors (Lipinski definition) is 2. The Bertz CT molecular complexity index is 476. The van der Waals surface area contributed by atoms with Gasteiger partial charge in [-0.05, 0) is 43.9 Å². The van der Waals surface area contributed by atoms with Gasteiger partial charge in [-0.25, -0.2) is 8.78 Å². The predicted octanol–water partition coefficient (Wildman–Crippen LogP) is 3.39. The van der Waals surface area contributed by atoms with Gasteiger partial charge in [0.05, 0.1) is 0 Å². The van der Waals surface area contributed by atoms with Crippen LogP contribution >= 0.6 is 0 Å². The van der Waals surface area contributed by atoms with E-state index in [0.717, 1.165) is 25.9 Å². The Morgan fingerprint density at radius 1 is 1.35 bits per heavy atom. The predicted molar refractivity (Wildman–Crippen MR) is 77.5 cm³/mol. The number of nitrogens with two attached hydrogens (primary N) is 1. The second-order valence-electron chi connectivity index (χ2n) is 5.91. The zero-order valence-electron chi connectivity index (χ0n) is 12.5. The van der Waals surface area contributed by atoms with E-state index in [2.05, 4.69) is 11.8 Å². The minimum Gasteiger partial charge on any atom is -0.327 e. The quantitative estimate of drug-likeness (QED) is 0.920. The summed E-state index contributed by atoms with van der Waals surface area (Å²) in [7, 11) is 0. The molecule has 1 aliphatic rings. The van der Waals surface area contributed by atoms with Gasteiger partial charge in [0.25, 0.3) is 0 Å². The third-order valence-electron chi connectivity index (χ3n) is 4.62. The summed E-state index contributed by atoms with van der Waals surface area (Å²) in [6.07, 6.45) is 1.94. The Morgan fingerprint density at radius 3 is 2.70 bits per heavy atom. The lowest BCUT2D eigenvalue weighted by Gasteiger charge is -2.40. The molecule has 1 aliphatic heterocycles. The highest BCUT2D eigenvalue weighted by atomic mass is 19.1. The van der Waals surface area contributed by atoms with Gasteiger partial charge in [0, 0.05) is 30.7 Å². The van der Waals surface area contributed by atoms with E-state index in [1.54, 1.807) is 6.92 Å². The molecule has 2 nitrogen and oxygen atoms in total. The molecule has 20 heavy (non-hydrogen) atoms. The van der Waals surface area contributed by atoms with Gasteiger partial charge < -0.3 is 5.73 Å². The van der Waals surface area contributed by atoms with Crippen LogP contribution in [0.15, 0.2) is 12.1 Å². The summed E-state index contributed by atoms with van der Waals surface area (Å²) < 4.78 is 27.8. The van der Waals surface area contributed by atoms with Crippen LogP contribution < -0.4 is 5.73 Å². The maximum Gasteiger partial charge on any atom is 0.128 e. The largest absolute Gasteiger partial charge is 0.327 e. The van der Waals surface area contributed by atoms with Crippen molar-refractivity contribution in [2.75, 3.05) is 13.1 Å². The molecule has 3 atom stereocenters. The fraction of sp³-hybridized carbons (Fsp3) is 0.625. The maximum absolute atomic E-state index is 14.1. The van der Waals surface area contributed by atoms with Gasteiger partial charge in [-0.2, -0.15) is 0 Å². The first-order valence-electron chi connectivity index (χ1n) is 7.39. The third kappa shape index (κ3) is 3.01. The summed E-state index contributed by atoms with van der Waals surface area (Å²) in [5.41, 5.74) is 6.90. The Balaban J connectivity index is 2.19. The normalized spacial score (nSPS) is 25.7. The molecule has 1 saturated heterocycles. The van der Waals surface area contributed by atoms with Crippen LogP contribution in [0, 0.1) is 24.5 Å². The van der Waals surface area contributed by atoms with Crippen LogP contribution in [0.5, 0.6) is 0 Å². The molecule has 0 spiro atoms. The van der Waals surface area contributed by atoms with E-state index in [4.69, 9.17) is 5.73 Å². The van der Waals surface area contributed by atoms with Crippen molar-refractivity contribution in [2.45, 2.75) is 45.7 Å². The van der Waals surface area contributed by atoms with Crippen LogP contribution in [0.25, 0.3) is 0 Å². The van der Waals surface area contributed by atoms with Crippen molar-refractivity contribution in [3.8, 4) is 0 Å². The summed E-state index contributed by atoms with van der Waals surface area (Å²) in [6, 6.07) is 2.73. The van der Waals surface area contributed by atoms with Crippen LogP contribution in [0.2, 0.25) is 0 Å². The number of halogens is 2. The van der Waals surface area contributed by atoms with Crippen molar-refractivity contribution in [1.29, 1.82) is 0 Å². The molecule has 0 amide bonds. The summed E-state index contributed by atoms with van der Waals surface area (Å²) in [6.45, 7) is 7.35. The first-order valence-corrected chi connectivity index (χ1v) is 7.39. The lowest BCUT2D eigenvalue weighted by atomic mass is 9.89. The zero-order valence-corrected chi connectivity index (χ0v) is 12.5. The van der Waals surface area contributed by atoms with E-state index in [9.17, 15) is 8.78 Å². The molecule has 3 unspecified atom stereocenters. The number of rotatable bonds is 3. The topological polar surface area (TPSA) is 29.3 Å². The van der Waals surface area contributed by atoms with Crippen LogP contribution in [-0.2, 0) is 0 Å². The van der Waals surface area contributed by atoms with Crippen LogP contribution in [0.3, 0.4) is 0 Å². The molecule has 2 rings (SSSR count). The van der Waals surface area contributed by atoms with Gasteiger partial charge in [0.2, 0.25) is 0 Å². The van der Waals surface area contributed by atoms with Crippen molar-refractivity contribution in [3.63, 3.8) is 0 Å². The van der Waals surface area contributed by atoms with Crippen molar-refractivity contribution < 1.29 is 8.78 Å². The minimum atomic E-state index is -0.339. The number of benzene rings is 1. The third-order valence-corrected chi connectivity index (χ3v) is 4.62. The van der Waals surface area contributed by atoms with Crippen molar-refractivity contribution in [1.82, 2.24) is 4.90 Å². The van der Waals surface area contributed by atoms with Crippen molar-refractivity contribution in [2.24, 2.45) is 11.7 Å². The molecule has 0 aromatic heterocycles. The second kappa shape index (κ2) is 6.19. The number of piperidine rings is 1.